The van der Waals surface area contributed by atoms with Gasteiger partial charge >= 0.3 is 0 Å². The van der Waals surface area contributed by atoms with Gasteiger partial charge in [0, 0.05) is 29.3 Å². The van der Waals surface area contributed by atoms with Gasteiger partial charge in [0.15, 0.2) is 0 Å². The average molecular weight is 295 g/mol. The van der Waals surface area contributed by atoms with Gasteiger partial charge in [0.2, 0.25) is 5.91 Å². The maximum Gasteiger partial charge on any atom is 0.220 e. The van der Waals surface area contributed by atoms with Crippen LogP contribution in [0.15, 0.2) is 5.38 Å². The first-order chi connectivity index (χ1) is 9.36. The normalized spacial score (nSPS) is 23.8. The number of nitrogens with one attached hydrogen (secondary N) is 1. The molecule has 0 aliphatic heterocycles. The molecule has 4 nitrogen and oxygen atoms in total. The Morgan fingerprint density at radius 1 is 1.40 bits per heavy atom. The molecule has 1 aromatic heterocycles. The van der Waals surface area contributed by atoms with Gasteiger partial charge in [0.1, 0.15) is 5.01 Å². The van der Waals surface area contributed by atoms with E-state index >= 15 is 0 Å². The van der Waals surface area contributed by atoms with E-state index in [2.05, 4.69) is 31.5 Å². The molecule has 1 aromatic rings. The lowest BCUT2D eigenvalue weighted by Crippen LogP contribution is -2.36. The lowest BCUT2D eigenvalue weighted by atomic mass is 9.85. The van der Waals surface area contributed by atoms with Crippen LogP contribution in [0.2, 0.25) is 0 Å². The molecule has 2 rings (SSSR count). The molecule has 0 unspecified atom stereocenters. The highest BCUT2D eigenvalue weighted by molar-refractivity contribution is 7.09. The highest BCUT2D eigenvalue weighted by Crippen LogP contribution is 2.26. The largest absolute Gasteiger partial charge is 0.369 e. The number of nitrogens with two attached hydrogens (primary N) is 1. The lowest BCUT2D eigenvalue weighted by molar-refractivity contribution is -0.122. The Balaban J connectivity index is 1.79. The van der Waals surface area contributed by atoms with Crippen LogP contribution in [0.1, 0.15) is 57.2 Å². The zero-order chi connectivity index (χ0) is 14.8. The summed E-state index contributed by atoms with van der Waals surface area (Å²) in [6, 6.07) is 0.493. The molecule has 0 atom stereocenters. The Kier molecular flexibility index (Phi) is 4.81. The standard InChI is InChI=1S/C15H25N3OS/c1-15(2,3)12-9-20-13(18-12)8-17-11-6-4-10(5-7-11)14(16)19/h9-11,17H,4-8H2,1-3H3,(H2,16,19). The van der Waals surface area contributed by atoms with Crippen molar-refractivity contribution in [1.82, 2.24) is 10.3 Å². The van der Waals surface area contributed by atoms with E-state index in [0.29, 0.717) is 6.04 Å². The molecule has 0 saturated heterocycles. The van der Waals surface area contributed by atoms with E-state index in [-0.39, 0.29) is 17.2 Å². The minimum absolute atomic E-state index is 0.0837. The van der Waals surface area contributed by atoms with Crippen LogP contribution in [0.25, 0.3) is 0 Å². The van der Waals surface area contributed by atoms with Crippen LogP contribution in [0.5, 0.6) is 0 Å². The molecule has 5 heteroatoms. The Morgan fingerprint density at radius 2 is 2.05 bits per heavy atom. The van der Waals surface area contributed by atoms with Gasteiger partial charge in [-0.25, -0.2) is 4.98 Å². The van der Waals surface area contributed by atoms with E-state index in [4.69, 9.17) is 10.7 Å². The molecular formula is C15H25N3OS. The molecule has 1 fully saturated rings. The van der Waals surface area contributed by atoms with Gasteiger partial charge < -0.3 is 11.1 Å². The second-order valence-corrected chi connectivity index (χ2v) is 7.65. The van der Waals surface area contributed by atoms with Gasteiger partial charge in [-0.2, -0.15) is 0 Å². The quantitative estimate of drug-likeness (QED) is 0.897. The number of carbonyl (C=O) groups excluding carboxylic acids is 1. The third-order valence-electron chi connectivity index (χ3n) is 3.99. The van der Waals surface area contributed by atoms with E-state index < -0.39 is 0 Å². The molecule has 20 heavy (non-hydrogen) atoms. The fourth-order valence-electron chi connectivity index (χ4n) is 2.55. The van der Waals surface area contributed by atoms with Crippen LogP contribution >= 0.6 is 11.3 Å². The smallest absolute Gasteiger partial charge is 0.220 e. The summed E-state index contributed by atoms with van der Waals surface area (Å²) in [5, 5.41) is 6.86. The molecule has 0 radical (unpaired) electrons. The fraction of sp³-hybridized carbons (Fsp3) is 0.733. The van der Waals surface area contributed by atoms with E-state index in [1.54, 1.807) is 11.3 Å². The highest BCUT2D eigenvalue weighted by atomic mass is 32.1. The molecule has 1 aliphatic rings. The summed E-state index contributed by atoms with van der Waals surface area (Å²) in [6.45, 7) is 7.38. The average Bonchev–Trinajstić information content (AvgIpc) is 2.85. The molecule has 0 spiro atoms. The second kappa shape index (κ2) is 6.22. The van der Waals surface area contributed by atoms with Crippen molar-refractivity contribution in [1.29, 1.82) is 0 Å². The minimum atomic E-state index is -0.141. The van der Waals surface area contributed by atoms with Crippen molar-refractivity contribution < 1.29 is 4.79 Å². The van der Waals surface area contributed by atoms with Crippen molar-refractivity contribution in [3.05, 3.63) is 16.1 Å². The molecule has 1 saturated carbocycles. The number of primary amides is 1. The summed E-state index contributed by atoms with van der Waals surface area (Å²) in [5.41, 5.74) is 6.64. The van der Waals surface area contributed by atoms with Crippen molar-refractivity contribution in [2.75, 3.05) is 0 Å². The number of thiazole rings is 1. The Hall–Kier alpha value is -0.940. The molecule has 3 N–H and O–H groups in total. The van der Waals surface area contributed by atoms with Crippen LogP contribution in [0.4, 0.5) is 0 Å². The van der Waals surface area contributed by atoms with Crippen molar-refractivity contribution in [3.8, 4) is 0 Å². The highest BCUT2D eigenvalue weighted by Gasteiger charge is 2.24. The van der Waals surface area contributed by atoms with Crippen molar-refractivity contribution in [2.24, 2.45) is 11.7 Å². The van der Waals surface area contributed by atoms with E-state index in [0.717, 1.165) is 42.9 Å². The van der Waals surface area contributed by atoms with E-state index in [1.807, 2.05) is 0 Å². The van der Waals surface area contributed by atoms with Crippen LogP contribution in [-0.2, 0) is 16.8 Å². The zero-order valence-corrected chi connectivity index (χ0v) is 13.4. The first-order valence-corrected chi connectivity index (χ1v) is 8.22. The van der Waals surface area contributed by atoms with Crippen molar-refractivity contribution >= 4 is 17.2 Å². The summed E-state index contributed by atoms with van der Waals surface area (Å²) in [7, 11) is 0. The lowest BCUT2D eigenvalue weighted by Gasteiger charge is -2.27. The summed E-state index contributed by atoms with van der Waals surface area (Å²) >= 11 is 1.72. The maximum atomic E-state index is 11.1. The third kappa shape index (κ3) is 4.03. The number of nitrogens with zero attached hydrogens (tertiary/aromatic N) is 1. The fourth-order valence-corrected chi connectivity index (χ4v) is 3.52. The Morgan fingerprint density at radius 3 is 2.55 bits per heavy atom. The minimum Gasteiger partial charge on any atom is -0.369 e. The zero-order valence-electron chi connectivity index (χ0n) is 12.6. The molecule has 112 valence electrons. The van der Waals surface area contributed by atoms with Crippen LogP contribution in [0, 0.1) is 5.92 Å². The Bertz CT molecular complexity index is 456. The molecule has 0 aromatic carbocycles. The summed E-state index contributed by atoms with van der Waals surface area (Å²) in [5.74, 6) is -0.0569. The van der Waals surface area contributed by atoms with Gasteiger partial charge in [-0.1, -0.05) is 20.8 Å². The first kappa shape index (κ1) is 15.4. The third-order valence-corrected chi connectivity index (χ3v) is 4.84. The van der Waals surface area contributed by atoms with Crippen molar-refractivity contribution in [2.45, 2.75) is 64.5 Å². The number of amides is 1. The predicted molar refractivity (Wildman–Crippen MR) is 82.6 cm³/mol. The number of hydrogen-bond donors (Lipinski definition) is 2. The molecule has 1 aliphatic carbocycles. The Labute approximate surface area is 125 Å². The van der Waals surface area contributed by atoms with Gasteiger partial charge in [-0.15, -0.1) is 11.3 Å². The van der Waals surface area contributed by atoms with Gasteiger partial charge in [0.05, 0.1) is 5.69 Å². The molecule has 0 bridgehead atoms. The van der Waals surface area contributed by atoms with Crippen LogP contribution < -0.4 is 11.1 Å². The molecular weight excluding hydrogens is 270 g/mol. The first-order valence-electron chi connectivity index (χ1n) is 7.34. The maximum absolute atomic E-state index is 11.1. The number of carbonyl (C=O) groups is 1. The van der Waals surface area contributed by atoms with Crippen LogP contribution in [-0.4, -0.2) is 16.9 Å². The van der Waals surface area contributed by atoms with Gasteiger partial charge in [0.25, 0.3) is 0 Å². The topological polar surface area (TPSA) is 68.0 Å². The number of rotatable bonds is 4. The van der Waals surface area contributed by atoms with E-state index in [9.17, 15) is 4.79 Å². The summed E-state index contributed by atoms with van der Waals surface area (Å²) in [6.07, 6.45) is 3.90. The van der Waals surface area contributed by atoms with Gasteiger partial charge in [-0.05, 0) is 25.7 Å². The monoisotopic (exact) mass is 295 g/mol. The summed E-state index contributed by atoms with van der Waals surface area (Å²) < 4.78 is 0. The molecule has 1 heterocycles. The number of hydrogen-bond acceptors (Lipinski definition) is 4. The van der Waals surface area contributed by atoms with Crippen molar-refractivity contribution in [3.63, 3.8) is 0 Å². The number of aromatic nitrogens is 1. The second-order valence-electron chi connectivity index (χ2n) is 6.71. The van der Waals surface area contributed by atoms with Crippen LogP contribution in [0.3, 0.4) is 0 Å². The van der Waals surface area contributed by atoms with E-state index in [1.165, 1.54) is 0 Å². The van der Waals surface area contributed by atoms with Gasteiger partial charge in [-0.3, -0.25) is 4.79 Å². The SMILES string of the molecule is CC(C)(C)c1csc(CNC2CCC(C(N)=O)CC2)n1. The predicted octanol–water partition coefficient (Wildman–Crippen LogP) is 2.57. The summed E-state index contributed by atoms with van der Waals surface area (Å²) in [4.78, 5) is 15.8. The molecule has 1 amide bonds.